The topological polar surface area (TPSA) is 67.2 Å². The number of benzene rings is 2. The average Bonchev–Trinajstić information content (AvgIpc) is 3.14. The van der Waals surface area contributed by atoms with Crippen molar-refractivity contribution < 1.29 is 9.59 Å². The van der Waals surface area contributed by atoms with Gasteiger partial charge in [-0.3, -0.25) is 14.3 Å². The summed E-state index contributed by atoms with van der Waals surface area (Å²) in [6.45, 7) is 3.98. The Hall–Kier alpha value is -3.41. The molecule has 1 aliphatic rings. The Morgan fingerprint density at radius 1 is 1.11 bits per heavy atom. The first-order valence-electron chi connectivity index (χ1n) is 9.33. The van der Waals surface area contributed by atoms with Gasteiger partial charge >= 0.3 is 0 Å². The predicted octanol–water partition coefficient (Wildman–Crippen LogP) is 3.65. The molecule has 0 aliphatic carbocycles. The van der Waals surface area contributed by atoms with Gasteiger partial charge in [0.1, 0.15) is 6.54 Å². The molecular formula is C22H22N4O2. The summed E-state index contributed by atoms with van der Waals surface area (Å²) in [5, 5.41) is 7.21. The van der Waals surface area contributed by atoms with E-state index >= 15 is 0 Å². The third-order valence-electron chi connectivity index (χ3n) is 4.91. The van der Waals surface area contributed by atoms with Crippen LogP contribution >= 0.6 is 0 Å². The number of amides is 2. The van der Waals surface area contributed by atoms with Gasteiger partial charge in [-0.25, -0.2) is 0 Å². The van der Waals surface area contributed by atoms with Crippen molar-refractivity contribution in [1.29, 1.82) is 0 Å². The van der Waals surface area contributed by atoms with Crippen molar-refractivity contribution in [3.63, 3.8) is 0 Å². The number of nitrogens with zero attached hydrogens (tertiary/aromatic N) is 3. The maximum Gasteiger partial charge on any atom is 0.258 e. The Balaban J connectivity index is 1.82. The van der Waals surface area contributed by atoms with Crippen LogP contribution in [0, 0.1) is 0 Å². The summed E-state index contributed by atoms with van der Waals surface area (Å²) in [7, 11) is 0. The summed E-state index contributed by atoms with van der Waals surface area (Å²) < 4.78 is 1.75. The molecule has 0 spiro atoms. The first kappa shape index (κ1) is 18.0. The first-order valence-corrected chi connectivity index (χ1v) is 9.33. The minimum absolute atomic E-state index is 0.0278. The van der Waals surface area contributed by atoms with Crippen molar-refractivity contribution in [2.24, 2.45) is 0 Å². The number of aromatic nitrogens is 2. The van der Waals surface area contributed by atoms with Crippen LogP contribution < -0.4 is 5.32 Å². The summed E-state index contributed by atoms with van der Waals surface area (Å²) in [5.41, 5.74) is 3.05. The predicted molar refractivity (Wildman–Crippen MR) is 107 cm³/mol. The Morgan fingerprint density at radius 2 is 1.82 bits per heavy atom. The molecule has 1 unspecified atom stereocenters. The standard InChI is InChI=1S/C22H22N4O2/c1-15(2)26-13-17(12-23-26)22(28)25-14-20(27)24-19-11-7-6-10-18(19)21(25)16-8-4-3-5-9-16/h3-13,15,21H,14H2,1-2H3,(H,24,27). The fourth-order valence-electron chi connectivity index (χ4n) is 3.53. The molecule has 1 aliphatic heterocycles. The number of rotatable bonds is 3. The van der Waals surface area contributed by atoms with Gasteiger partial charge in [0.15, 0.2) is 0 Å². The lowest BCUT2D eigenvalue weighted by atomic mass is 9.95. The van der Waals surface area contributed by atoms with E-state index in [0.717, 1.165) is 16.8 Å². The second-order valence-corrected chi connectivity index (χ2v) is 7.18. The molecule has 2 aromatic carbocycles. The van der Waals surface area contributed by atoms with Crippen LogP contribution in [-0.4, -0.2) is 33.0 Å². The summed E-state index contributed by atoms with van der Waals surface area (Å²) in [6, 6.07) is 17.2. The lowest BCUT2D eigenvalue weighted by Gasteiger charge is -2.30. The van der Waals surface area contributed by atoms with Gasteiger partial charge in [-0.2, -0.15) is 5.10 Å². The zero-order valence-corrected chi connectivity index (χ0v) is 15.9. The third kappa shape index (κ3) is 3.29. The largest absolute Gasteiger partial charge is 0.324 e. The van der Waals surface area contributed by atoms with Crippen LogP contribution in [0.1, 0.15) is 47.4 Å². The van der Waals surface area contributed by atoms with Crippen LogP contribution in [0.2, 0.25) is 0 Å². The van der Waals surface area contributed by atoms with E-state index in [1.54, 1.807) is 22.0 Å². The molecule has 0 bridgehead atoms. The minimum atomic E-state index is -0.369. The zero-order valence-electron chi connectivity index (χ0n) is 15.9. The fourth-order valence-corrected chi connectivity index (χ4v) is 3.53. The van der Waals surface area contributed by atoms with Gasteiger partial charge in [0.25, 0.3) is 5.91 Å². The number of nitrogens with one attached hydrogen (secondary N) is 1. The second-order valence-electron chi connectivity index (χ2n) is 7.18. The zero-order chi connectivity index (χ0) is 19.7. The van der Waals surface area contributed by atoms with Gasteiger partial charge in [-0.1, -0.05) is 48.5 Å². The quantitative estimate of drug-likeness (QED) is 0.761. The Kier molecular flexibility index (Phi) is 4.69. The number of hydrogen-bond acceptors (Lipinski definition) is 3. The monoisotopic (exact) mass is 374 g/mol. The van der Waals surface area contributed by atoms with E-state index in [-0.39, 0.29) is 30.4 Å². The van der Waals surface area contributed by atoms with Crippen molar-refractivity contribution >= 4 is 17.5 Å². The molecule has 6 nitrogen and oxygen atoms in total. The van der Waals surface area contributed by atoms with E-state index in [1.807, 2.05) is 68.4 Å². The van der Waals surface area contributed by atoms with Crippen LogP contribution in [0.4, 0.5) is 5.69 Å². The number of fused-ring (bicyclic) bond motifs is 1. The number of anilines is 1. The van der Waals surface area contributed by atoms with Gasteiger partial charge in [0.05, 0.1) is 17.8 Å². The van der Waals surface area contributed by atoms with E-state index in [4.69, 9.17) is 0 Å². The average molecular weight is 374 g/mol. The van der Waals surface area contributed by atoms with Crippen LogP contribution in [0.15, 0.2) is 67.0 Å². The van der Waals surface area contributed by atoms with E-state index in [0.29, 0.717) is 5.56 Å². The molecule has 2 heterocycles. The molecule has 0 radical (unpaired) electrons. The molecule has 6 heteroatoms. The molecule has 0 fully saturated rings. The lowest BCUT2D eigenvalue weighted by molar-refractivity contribution is -0.117. The molecule has 1 atom stereocenters. The summed E-state index contributed by atoms with van der Waals surface area (Å²) in [5.74, 6) is -0.428. The van der Waals surface area contributed by atoms with E-state index in [1.165, 1.54) is 0 Å². The molecule has 1 aromatic heterocycles. The summed E-state index contributed by atoms with van der Waals surface area (Å²) in [6.07, 6.45) is 3.31. The highest BCUT2D eigenvalue weighted by molar-refractivity contribution is 6.01. The van der Waals surface area contributed by atoms with Crippen LogP contribution in [-0.2, 0) is 4.79 Å². The first-order chi connectivity index (χ1) is 13.5. The number of para-hydroxylation sites is 1. The highest BCUT2D eigenvalue weighted by Gasteiger charge is 2.34. The molecule has 28 heavy (non-hydrogen) atoms. The Bertz CT molecular complexity index is 1010. The van der Waals surface area contributed by atoms with E-state index in [2.05, 4.69) is 10.4 Å². The maximum atomic E-state index is 13.4. The van der Waals surface area contributed by atoms with Crippen molar-refractivity contribution in [2.75, 3.05) is 11.9 Å². The van der Waals surface area contributed by atoms with Gasteiger partial charge in [-0.15, -0.1) is 0 Å². The van der Waals surface area contributed by atoms with Gasteiger partial charge in [0, 0.05) is 23.5 Å². The highest BCUT2D eigenvalue weighted by atomic mass is 16.2. The highest BCUT2D eigenvalue weighted by Crippen LogP contribution is 2.36. The number of carbonyl (C=O) groups is 2. The number of hydrogen-bond donors (Lipinski definition) is 1. The molecule has 1 N–H and O–H groups in total. The Labute approximate surface area is 163 Å². The smallest absolute Gasteiger partial charge is 0.258 e. The van der Waals surface area contributed by atoms with Crippen molar-refractivity contribution in [3.8, 4) is 0 Å². The van der Waals surface area contributed by atoms with Crippen LogP contribution in [0.25, 0.3) is 0 Å². The maximum absolute atomic E-state index is 13.4. The van der Waals surface area contributed by atoms with E-state index < -0.39 is 0 Å². The van der Waals surface area contributed by atoms with Crippen molar-refractivity contribution in [3.05, 3.63) is 83.7 Å². The molecule has 142 valence electrons. The van der Waals surface area contributed by atoms with Crippen molar-refractivity contribution in [2.45, 2.75) is 25.9 Å². The van der Waals surface area contributed by atoms with Gasteiger partial charge in [-0.05, 0) is 25.5 Å². The normalized spacial score (nSPS) is 16.5. The Morgan fingerprint density at radius 3 is 2.54 bits per heavy atom. The second kappa shape index (κ2) is 7.31. The third-order valence-corrected chi connectivity index (χ3v) is 4.91. The van der Waals surface area contributed by atoms with Crippen LogP contribution in [0.5, 0.6) is 0 Å². The molecule has 0 saturated carbocycles. The molecule has 0 saturated heterocycles. The van der Waals surface area contributed by atoms with Gasteiger partial charge < -0.3 is 10.2 Å². The molecule has 4 rings (SSSR count). The van der Waals surface area contributed by atoms with Gasteiger partial charge in [0.2, 0.25) is 5.91 Å². The fraction of sp³-hybridized carbons (Fsp3) is 0.227. The lowest BCUT2D eigenvalue weighted by Crippen LogP contribution is -2.38. The van der Waals surface area contributed by atoms with E-state index in [9.17, 15) is 9.59 Å². The molecule has 3 aromatic rings. The van der Waals surface area contributed by atoms with Crippen molar-refractivity contribution in [1.82, 2.24) is 14.7 Å². The summed E-state index contributed by atoms with van der Waals surface area (Å²) in [4.78, 5) is 27.6. The SMILES string of the molecule is CC(C)n1cc(C(=O)N2CC(=O)Nc3ccccc3C2c2ccccc2)cn1. The van der Waals surface area contributed by atoms with Crippen LogP contribution in [0.3, 0.4) is 0 Å². The number of carbonyl (C=O) groups excluding carboxylic acids is 2. The molecular weight excluding hydrogens is 352 g/mol. The summed E-state index contributed by atoms with van der Waals surface area (Å²) >= 11 is 0. The minimum Gasteiger partial charge on any atom is -0.324 e. The molecule has 2 amide bonds.